The molecule has 2 N–H and O–H groups in total. The number of aromatic nitrogens is 2. The largest absolute Gasteiger partial charge is 0.324 e. The number of carbonyl (C=O) groups is 2. The van der Waals surface area contributed by atoms with Crippen molar-refractivity contribution in [2.75, 3.05) is 10.6 Å². The van der Waals surface area contributed by atoms with Crippen molar-refractivity contribution in [2.45, 2.75) is 6.54 Å². The van der Waals surface area contributed by atoms with Gasteiger partial charge in [-0.1, -0.05) is 0 Å². The van der Waals surface area contributed by atoms with E-state index in [9.17, 15) is 18.4 Å². The van der Waals surface area contributed by atoms with Crippen LogP contribution in [0.4, 0.5) is 20.2 Å². The van der Waals surface area contributed by atoms with Crippen LogP contribution in [0, 0.1) is 11.6 Å². The third-order valence-corrected chi connectivity index (χ3v) is 3.41. The normalized spacial score (nSPS) is 10.4. The van der Waals surface area contributed by atoms with Crippen LogP contribution in [0.15, 0.2) is 60.8 Å². The van der Waals surface area contributed by atoms with Gasteiger partial charge in [-0.05, 0) is 54.6 Å². The number of nitrogens with zero attached hydrogens (tertiary/aromatic N) is 2. The molecule has 2 aromatic carbocycles. The molecule has 26 heavy (non-hydrogen) atoms. The summed E-state index contributed by atoms with van der Waals surface area (Å²) in [6.07, 6.45) is 1.49. The first-order valence-electron chi connectivity index (χ1n) is 7.65. The summed E-state index contributed by atoms with van der Waals surface area (Å²) in [5.74, 6) is -1.65. The topological polar surface area (TPSA) is 76.0 Å². The summed E-state index contributed by atoms with van der Waals surface area (Å²) in [4.78, 5) is 24.1. The van der Waals surface area contributed by atoms with E-state index in [4.69, 9.17) is 0 Å². The Balaban J connectivity index is 1.58. The quantitative estimate of drug-likeness (QED) is 0.738. The van der Waals surface area contributed by atoms with E-state index in [2.05, 4.69) is 15.7 Å². The first-order valence-corrected chi connectivity index (χ1v) is 7.65. The standard InChI is InChI=1S/C18H14F2N4O2/c19-12-1-5-14(6-2-12)21-17(25)11-24-10-9-16(23-24)18(26)22-15-7-3-13(20)4-8-15/h1-10H,11H2,(H,21,25)(H,22,26). The zero-order valence-corrected chi connectivity index (χ0v) is 13.4. The number of halogens is 2. The summed E-state index contributed by atoms with van der Waals surface area (Å²) in [6, 6.07) is 12.1. The van der Waals surface area contributed by atoms with Gasteiger partial charge in [0.2, 0.25) is 5.91 Å². The second-order valence-electron chi connectivity index (χ2n) is 5.41. The Hall–Kier alpha value is -3.55. The van der Waals surface area contributed by atoms with Crippen LogP contribution in [0.3, 0.4) is 0 Å². The molecule has 1 aromatic heterocycles. The van der Waals surface area contributed by atoms with Crippen molar-refractivity contribution in [3.05, 3.63) is 78.1 Å². The van der Waals surface area contributed by atoms with Crippen molar-refractivity contribution in [1.29, 1.82) is 0 Å². The van der Waals surface area contributed by atoms with E-state index in [0.29, 0.717) is 11.4 Å². The molecule has 3 rings (SSSR count). The van der Waals surface area contributed by atoms with Crippen molar-refractivity contribution in [3.63, 3.8) is 0 Å². The highest BCUT2D eigenvalue weighted by Gasteiger charge is 2.12. The van der Waals surface area contributed by atoms with Gasteiger partial charge in [-0.3, -0.25) is 14.3 Å². The lowest BCUT2D eigenvalue weighted by molar-refractivity contribution is -0.116. The molecular weight excluding hydrogens is 342 g/mol. The van der Waals surface area contributed by atoms with Gasteiger partial charge in [0.05, 0.1) is 0 Å². The number of rotatable bonds is 5. The van der Waals surface area contributed by atoms with Gasteiger partial charge in [-0.15, -0.1) is 0 Å². The molecule has 0 saturated heterocycles. The lowest BCUT2D eigenvalue weighted by Gasteiger charge is -2.05. The number of carbonyl (C=O) groups excluding carboxylic acids is 2. The van der Waals surface area contributed by atoms with Crippen LogP contribution in [0.5, 0.6) is 0 Å². The van der Waals surface area contributed by atoms with E-state index in [1.807, 2.05) is 0 Å². The van der Waals surface area contributed by atoms with E-state index in [1.165, 1.54) is 65.5 Å². The first-order chi connectivity index (χ1) is 12.5. The van der Waals surface area contributed by atoms with Gasteiger partial charge in [-0.25, -0.2) is 8.78 Å². The first kappa shape index (κ1) is 17.3. The van der Waals surface area contributed by atoms with Crippen molar-refractivity contribution in [2.24, 2.45) is 0 Å². The molecule has 0 unspecified atom stereocenters. The molecule has 0 atom stereocenters. The van der Waals surface area contributed by atoms with Crippen molar-refractivity contribution in [1.82, 2.24) is 9.78 Å². The Labute approximate surface area is 147 Å². The summed E-state index contributed by atoms with van der Waals surface area (Å²) < 4.78 is 27.0. The Morgan fingerprint density at radius 2 is 1.38 bits per heavy atom. The number of anilines is 2. The average Bonchev–Trinajstić information content (AvgIpc) is 3.07. The van der Waals surface area contributed by atoms with Crippen LogP contribution < -0.4 is 10.6 Å². The van der Waals surface area contributed by atoms with Gasteiger partial charge in [0, 0.05) is 17.6 Å². The van der Waals surface area contributed by atoms with E-state index >= 15 is 0 Å². The number of hydrogen-bond donors (Lipinski definition) is 2. The summed E-state index contributed by atoms with van der Waals surface area (Å²) in [7, 11) is 0. The molecule has 6 nitrogen and oxygen atoms in total. The second-order valence-corrected chi connectivity index (χ2v) is 5.41. The number of hydrogen-bond acceptors (Lipinski definition) is 3. The average molecular weight is 356 g/mol. The minimum Gasteiger partial charge on any atom is -0.324 e. The fourth-order valence-corrected chi connectivity index (χ4v) is 2.18. The van der Waals surface area contributed by atoms with Crippen LogP contribution >= 0.6 is 0 Å². The maximum absolute atomic E-state index is 12.9. The molecule has 0 aliphatic carbocycles. The van der Waals surface area contributed by atoms with E-state index in [-0.39, 0.29) is 18.1 Å². The summed E-state index contributed by atoms with van der Waals surface area (Å²) >= 11 is 0. The fourth-order valence-electron chi connectivity index (χ4n) is 2.18. The van der Waals surface area contributed by atoms with Crippen LogP contribution in [0.25, 0.3) is 0 Å². The van der Waals surface area contributed by atoms with Gasteiger partial charge in [0.1, 0.15) is 18.2 Å². The van der Waals surface area contributed by atoms with Gasteiger partial charge < -0.3 is 10.6 Å². The predicted octanol–water partition coefficient (Wildman–Crippen LogP) is 3.05. The molecule has 0 aliphatic rings. The molecule has 8 heteroatoms. The third kappa shape index (κ3) is 4.50. The molecule has 0 spiro atoms. The van der Waals surface area contributed by atoms with E-state index in [0.717, 1.165) is 0 Å². The Bertz CT molecular complexity index is 921. The molecule has 0 radical (unpaired) electrons. The minimum absolute atomic E-state index is 0.110. The molecule has 0 bridgehead atoms. The zero-order valence-electron chi connectivity index (χ0n) is 13.4. The van der Waals surface area contributed by atoms with Gasteiger partial charge >= 0.3 is 0 Å². The van der Waals surface area contributed by atoms with Crippen molar-refractivity contribution < 1.29 is 18.4 Å². The Kier molecular flexibility index (Phi) is 5.02. The summed E-state index contributed by atoms with van der Waals surface area (Å²) in [5, 5.41) is 9.21. The number of amides is 2. The molecule has 0 aliphatic heterocycles. The van der Waals surface area contributed by atoms with Crippen LogP contribution in [-0.4, -0.2) is 21.6 Å². The van der Waals surface area contributed by atoms with Gasteiger partial charge in [-0.2, -0.15) is 5.10 Å². The maximum Gasteiger partial charge on any atom is 0.276 e. The lowest BCUT2D eigenvalue weighted by atomic mass is 10.3. The summed E-state index contributed by atoms with van der Waals surface area (Å²) in [6.45, 7) is -0.110. The highest BCUT2D eigenvalue weighted by molar-refractivity contribution is 6.02. The third-order valence-electron chi connectivity index (χ3n) is 3.41. The Morgan fingerprint density at radius 1 is 0.846 bits per heavy atom. The highest BCUT2D eigenvalue weighted by Crippen LogP contribution is 2.10. The minimum atomic E-state index is -0.477. The maximum atomic E-state index is 12.9. The SMILES string of the molecule is O=C(Cn1ccc(C(=O)Nc2ccc(F)cc2)n1)Nc1ccc(F)cc1. The van der Waals surface area contributed by atoms with Crippen LogP contribution in [0.2, 0.25) is 0 Å². The van der Waals surface area contributed by atoms with Crippen molar-refractivity contribution >= 4 is 23.2 Å². The lowest BCUT2D eigenvalue weighted by Crippen LogP contribution is -2.20. The molecule has 1 heterocycles. The fraction of sp³-hybridized carbons (Fsp3) is 0.0556. The number of benzene rings is 2. The van der Waals surface area contributed by atoms with Gasteiger partial charge in [0.25, 0.3) is 5.91 Å². The second kappa shape index (κ2) is 7.56. The monoisotopic (exact) mass is 356 g/mol. The molecule has 0 fully saturated rings. The zero-order chi connectivity index (χ0) is 18.5. The smallest absolute Gasteiger partial charge is 0.276 e. The van der Waals surface area contributed by atoms with Crippen molar-refractivity contribution in [3.8, 4) is 0 Å². The van der Waals surface area contributed by atoms with Crippen LogP contribution in [-0.2, 0) is 11.3 Å². The van der Waals surface area contributed by atoms with Gasteiger partial charge in [0.15, 0.2) is 5.69 Å². The van der Waals surface area contributed by atoms with E-state index < -0.39 is 17.5 Å². The Morgan fingerprint density at radius 3 is 1.96 bits per heavy atom. The number of nitrogens with one attached hydrogen (secondary N) is 2. The summed E-state index contributed by atoms with van der Waals surface area (Å²) in [5.41, 5.74) is 1.00. The molecule has 2 amide bonds. The highest BCUT2D eigenvalue weighted by atomic mass is 19.1. The molecule has 3 aromatic rings. The van der Waals surface area contributed by atoms with E-state index in [1.54, 1.807) is 0 Å². The molecule has 132 valence electrons. The molecular formula is C18H14F2N4O2. The predicted molar refractivity (Wildman–Crippen MR) is 91.6 cm³/mol. The molecule has 0 saturated carbocycles. The van der Waals surface area contributed by atoms with Crippen LogP contribution in [0.1, 0.15) is 10.5 Å².